The van der Waals surface area contributed by atoms with E-state index in [-0.39, 0.29) is 23.5 Å². The number of ether oxygens (including phenoxy) is 2. The van der Waals surface area contributed by atoms with E-state index in [2.05, 4.69) is 5.10 Å². The topological polar surface area (TPSA) is 112 Å². The molecule has 1 aromatic carbocycles. The number of anilines is 1. The number of sulfonamides is 1. The van der Waals surface area contributed by atoms with Gasteiger partial charge in [-0.05, 0) is 26.0 Å². The minimum Gasteiger partial charge on any atom is -0.493 e. The SMILES string of the molecule is CCn1c(N2CCN(S(=O)(=O)c3ccc(OC)c(OC)c3)CC2)nc2c(C)nn(C)c2c1=O. The van der Waals surface area contributed by atoms with Crippen LogP contribution in [-0.4, -0.2) is 72.5 Å². The molecule has 0 radical (unpaired) electrons. The molecule has 0 spiro atoms. The van der Waals surface area contributed by atoms with Crippen LogP contribution in [0.5, 0.6) is 11.5 Å². The van der Waals surface area contributed by atoms with Gasteiger partial charge in [0.15, 0.2) is 17.0 Å². The van der Waals surface area contributed by atoms with Gasteiger partial charge in [0.05, 0.1) is 24.8 Å². The minimum atomic E-state index is -3.72. The summed E-state index contributed by atoms with van der Waals surface area (Å²) in [5, 5.41) is 4.33. The lowest BCUT2D eigenvalue weighted by Gasteiger charge is -2.35. The first-order valence-corrected chi connectivity index (χ1v) is 12.1. The molecule has 0 bridgehead atoms. The van der Waals surface area contributed by atoms with Crippen molar-refractivity contribution in [3.63, 3.8) is 0 Å². The summed E-state index contributed by atoms with van der Waals surface area (Å²) >= 11 is 0. The Balaban J connectivity index is 1.61. The lowest BCUT2D eigenvalue weighted by molar-refractivity contribution is 0.352. The molecule has 4 rings (SSSR count). The Hall–Kier alpha value is -3.12. The van der Waals surface area contributed by atoms with Crippen LogP contribution in [0.4, 0.5) is 5.95 Å². The van der Waals surface area contributed by atoms with Crippen LogP contribution >= 0.6 is 0 Å². The molecular weight excluding hydrogens is 448 g/mol. The van der Waals surface area contributed by atoms with Gasteiger partial charge in [0.1, 0.15) is 5.52 Å². The molecule has 0 aliphatic carbocycles. The third-order valence-corrected chi connectivity index (χ3v) is 7.82. The fraction of sp³-hybridized carbons (Fsp3) is 0.476. The van der Waals surface area contributed by atoms with Gasteiger partial charge in [0, 0.05) is 45.8 Å². The Morgan fingerprint density at radius 1 is 1.06 bits per heavy atom. The molecule has 12 heteroatoms. The van der Waals surface area contributed by atoms with Crippen LogP contribution in [0.1, 0.15) is 12.6 Å². The Morgan fingerprint density at radius 3 is 2.33 bits per heavy atom. The predicted octanol–water partition coefficient (Wildman–Crippen LogP) is 0.986. The van der Waals surface area contributed by atoms with Crippen molar-refractivity contribution in [1.82, 2.24) is 23.6 Å². The molecule has 1 aliphatic rings. The van der Waals surface area contributed by atoms with Gasteiger partial charge >= 0.3 is 0 Å². The maximum absolute atomic E-state index is 13.2. The molecule has 0 unspecified atom stereocenters. The number of benzene rings is 1. The van der Waals surface area contributed by atoms with Crippen LogP contribution in [0.3, 0.4) is 0 Å². The molecule has 3 heterocycles. The van der Waals surface area contributed by atoms with Crippen LogP contribution in [0, 0.1) is 6.92 Å². The molecule has 0 amide bonds. The van der Waals surface area contributed by atoms with E-state index < -0.39 is 10.0 Å². The summed E-state index contributed by atoms with van der Waals surface area (Å²) < 4.78 is 41.5. The summed E-state index contributed by atoms with van der Waals surface area (Å²) in [4.78, 5) is 19.9. The fourth-order valence-corrected chi connectivity index (χ4v) is 5.62. The lowest BCUT2D eigenvalue weighted by atomic mass is 10.3. The van der Waals surface area contributed by atoms with Crippen molar-refractivity contribution in [3.8, 4) is 11.5 Å². The molecule has 2 aromatic heterocycles. The fourth-order valence-electron chi connectivity index (χ4n) is 4.18. The first kappa shape index (κ1) is 23.1. The Morgan fingerprint density at radius 2 is 1.73 bits per heavy atom. The largest absolute Gasteiger partial charge is 0.493 e. The van der Waals surface area contributed by atoms with Crippen molar-refractivity contribution in [1.29, 1.82) is 0 Å². The van der Waals surface area contributed by atoms with E-state index in [4.69, 9.17) is 14.5 Å². The zero-order valence-electron chi connectivity index (χ0n) is 19.4. The van der Waals surface area contributed by atoms with Crippen molar-refractivity contribution in [2.24, 2.45) is 7.05 Å². The summed E-state index contributed by atoms with van der Waals surface area (Å²) in [6.45, 7) is 5.50. The van der Waals surface area contributed by atoms with Gasteiger partial charge in [0.2, 0.25) is 16.0 Å². The molecule has 1 fully saturated rings. The summed E-state index contributed by atoms with van der Waals surface area (Å²) in [7, 11) is 0.980. The van der Waals surface area contributed by atoms with Gasteiger partial charge in [-0.2, -0.15) is 9.40 Å². The Kier molecular flexibility index (Phi) is 6.06. The van der Waals surface area contributed by atoms with Gasteiger partial charge < -0.3 is 14.4 Å². The first-order chi connectivity index (χ1) is 15.7. The molecular formula is C21H28N6O5S. The summed E-state index contributed by atoms with van der Waals surface area (Å²) in [5.74, 6) is 1.36. The molecule has 0 atom stereocenters. The monoisotopic (exact) mass is 476 g/mol. The average Bonchev–Trinajstić information content (AvgIpc) is 3.11. The number of hydrogen-bond acceptors (Lipinski definition) is 8. The minimum absolute atomic E-state index is 0.143. The van der Waals surface area contributed by atoms with Crippen LogP contribution in [-0.2, 0) is 23.6 Å². The smallest absolute Gasteiger partial charge is 0.281 e. The summed E-state index contributed by atoms with van der Waals surface area (Å²) in [5.41, 5.74) is 1.57. The van der Waals surface area contributed by atoms with Gasteiger partial charge in [-0.25, -0.2) is 13.4 Å². The Bertz CT molecular complexity index is 1360. The maximum Gasteiger partial charge on any atom is 0.281 e. The van der Waals surface area contributed by atoms with Gasteiger partial charge in [-0.3, -0.25) is 14.0 Å². The second-order valence-corrected chi connectivity index (χ2v) is 9.71. The van der Waals surface area contributed by atoms with E-state index in [0.717, 1.165) is 0 Å². The lowest BCUT2D eigenvalue weighted by Crippen LogP contribution is -2.50. The molecule has 1 saturated heterocycles. The highest BCUT2D eigenvalue weighted by Crippen LogP contribution is 2.31. The molecule has 3 aromatic rings. The van der Waals surface area contributed by atoms with Gasteiger partial charge in [-0.15, -0.1) is 0 Å². The van der Waals surface area contributed by atoms with Gasteiger partial charge in [-0.1, -0.05) is 0 Å². The highest BCUT2D eigenvalue weighted by Gasteiger charge is 2.31. The second kappa shape index (κ2) is 8.67. The average molecular weight is 477 g/mol. The van der Waals surface area contributed by atoms with Crippen LogP contribution in [0.15, 0.2) is 27.9 Å². The molecule has 0 saturated carbocycles. The van der Waals surface area contributed by atoms with E-state index in [9.17, 15) is 13.2 Å². The van der Waals surface area contributed by atoms with Crippen LogP contribution in [0.25, 0.3) is 11.0 Å². The van der Waals surface area contributed by atoms with Crippen molar-refractivity contribution in [3.05, 3.63) is 34.2 Å². The molecule has 1 aliphatic heterocycles. The predicted molar refractivity (Wildman–Crippen MR) is 124 cm³/mol. The zero-order chi connectivity index (χ0) is 23.9. The van der Waals surface area contributed by atoms with Crippen molar-refractivity contribution >= 4 is 27.0 Å². The number of fused-ring (bicyclic) bond motifs is 1. The number of nitrogens with zero attached hydrogens (tertiary/aromatic N) is 6. The third kappa shape index (κ3) is 3.82. The van der Waals surface area contributed by atoms with Crippen molar-refractivity contribution < 1.29 is 17.9 Å². The van der Waals surface area contributed by atoms with Gasteiger partial charge in [0.25, 0.3) is 5.56 Å². The first-order valence-electron chi connectivity index (χ1n) is 10.6. The number of methoxy groups -OCH3 is 2. The third-order valence-electron chi connectivity index (χ3n) is 5.92. The molecule has 11 nitrogen and oxygen atoms in total. The van der Waals surface area contributed by atoms with E-state index in [1.807, 2.05) is 18.7 Å². The highest BCUT2D eigenvalue weighted by molar-refractivity contribution is 7.89. The van der Waals surface area contributed by atoms with Crippen molar-refractivity contribution in [2.75, 3.05) is 45.3 Å². The van der Waals surface area contributed by atoms with E-state index in [1.54, 1.807) is 22.4 Å². The number of aryl methyl sites for hydroxylation is 2. The van der Waals surface area contributed by atoms with Crippen LogP contribution < -0.4 is 19.9 Å². The molecule has 0 N–H and O–H groups in total. The van der Waals surface area contributed by atoms with E-state index in [1.165, 1.54) is 30.7 Å². The number of piperazine rings is 1. The second-order valence-electron chi connectivity index (χ2n) is 7.78. The molecule has 33 heavy (non-hydrogen) atoms. The zero-order valence-corrected chi connectivity index (χ0v) is 20.2. The number of rotatable bonds is 6. The number of hydrogen-bond donors (Lipinski definition) is 0. The van der Waals surface area contributed by atoms with Crippen molar-refractivity contribution in [2.45, 2.75) is 25.3 Å². The van der Waals surface area contributed by atoms with E-state index in [0.29, 0.717) is 53.8 Å². The maximum atomic E-state index is 13.2. The van der Waals surface area contributed by atoms with E-state index >= 15 is 0 Å². The Labute approximate surface area is 192 Å². The normalized spacial score (nSPS) is 15.2. The number of aromatic nitrogens is 4. The summed E-state index contributed by atoms with van der Waals surface area (Å²) in [6.07, 6.45) is 0. The molecule has 178 valence electrons. The standard InChI is InChI=1S/C21H28N6O5S/c1-6-27-20(28)19-18(14(2)23-24(19)3)22-21(27)25-9-11-26(12-10-25)33(29,30)15-7-8-16(31-4)17(13-15)32-5/h7-8,13H,6,9-12H2,1-5H3. The highest BCUT2D eigenvalue weighted by atomic mass is 32.2. The quantitative estimate of drug-likeness (QED) is 0.518. The summed E-state index contributed by atoms with van der Waals surface area (Å²) in [6, 6.07) is 4.56. The van der Waals surface area contributed by atoms with Crippen LogP contribution in [0.2, 0.25) is 0 Å².